The van der Waals surface area contributed by atoms with Crippen molar-refractivity contribution >= 4 is 29.2 Å². The van der Waals surface area contributed by atoms with Gasteiger partial charge >= 0.3 is 0 Å². The minimum atomic E-state index is -1.86. The van der Waals surface area contributed by atoms with Gasteiger partial charge in [0.05, 0.1) is 12.3 Å². The average molecular weight is 466 g/mol. The van der Waals surface area contributed by atoms with Crippen LogP contribution in [0.1, 0.15) is 55.4 Å². The van der Waals surface area contributed by atoms with Crippen LogP contribution in [0.2, 0.25) is 13.1 Å². The van der Waals surface area contributed by atoms with Crippen LogP contribution in [-0.4, -0.2) is 8.07 Å². The number of fused-ring (bicyclic) bond motifs is 1. The van der Waals surface area contributed by atoms with E-state index in [2.05, 4.69) is 106 Å². The first-order valence-electron chi connectivity index (χ1n) is 13.3. The van der Waals surface area contributed by atoms with Gasteiger partial charge in [-0.3, -0.25) is 0 Å². The summed E-state index contributed by atoms with van der Waals surface area (Å²) in [7, 11) is 0.275. The van der Waals surface area contributed by atoms with E-state index >= 15 is 0 Å². The van der Waals surface area contributed by atoms with Crippen molar-refractivity contribution < 1.29 is 5.94 Å². The Morgan fingerprint density at radius 3 is 2.29 bits per heavy atom. The van der Waals surface area contributed by atoms with Gasteiger partial charge in [-0.05, 0) is 66.8 Å². The third-order valence-electron chi connectivity index (χ3n) is 8.42. The molecule has 1 fully saturated rings. The van der Waals surface area contributed by atoms with Crippen molar-refractivity contribution in [3.63, 3.8) is 0 Å². The van der Waals surface area contributed by atoms with Gasteiger partial charge in [-0.2, -0.15) is 4.57 Å². The highest BCUT2D eigenvalue weighted by atomic mass is 28.3. The van der Waals surface area contributed by atoms with Gasteiger partial charge in [0.25, 0.3) is 0 Å². The summed E-state index contributed by atoms with van der Waals surface area (Å²) in [5, 5.41) is 5.08. The van der Waals surface area contributed by atoms with Gasteiger partial charge in [-0.15, -0.1) is 0 Å². The molecule has 2 heteroatoms. The molecule has 0 amide bonds. The van der Waals surface area contributed by atoms with Crippen LogP contribution in [0.4, 0.5) is 0 Å². The van der Waals surface area contributed by atoms with Crippen LogP contribution in [0.25, 0.3) is 22.0 Å². The van der Waals surface area contributed by atoms with E-state index in [9.17, 15) is 0 Å². The van der Waals surface area contributed by atoms with Gasteiger partial charge < -0.3 is 0 Å². The lowest BCUT2D eigenvalue weighted by Gasteiger charge is -2.24. The number of aromatic nitrogens is 1. The van der Waals surface area contributed by atoms with Crippen LogP contribution >= 0.6 is 0 Å². The Balaban J connectivity index is 1.75. The zero-order valence-electron chi connectivity index (χ0n) is 22.6. The molecule has 0 atom stereocenters. The summed E-state index contributed by atoms with van der Waals surface area (Å²) in [6.45, 7) is 11.5. The Kier molecular flexibility index (Phi) is 5.65. The first-order chi connectivity index (χ1) is 16.7. The molecule has 1 nitrogen and oxygen atoms in total. The van der Waals surface area contributed by atoms with Crippen LogP contribution in [-0.2, 0) is 7.05 Å². The molecule has 1 aromatic heterocycles. The summed E-state index contributed by atoms with van der Waals surface area (Å²) in [6.07, 6.45) is 5.31. The molecule has 0 N–H and O–H groups in total. The van der Waals surface area contributed by atoms with E-state index in [0.717, 1.165) is 11.1 Å². The monoisotopic (exact) mass is 465 g/mol. The van der Waals surface area contributed by atoms with E-state index in [1.54, 1.807) is 0 Å². The van der Waals surface area contributed by atoms with Crippen molar-refractivity contribution in [2.24, 2.45) is 7.05 Å². The molecule has 34 heavy (non-hydrogen) atoms. The third-order valence-corrected chi connectivity index (χ3v) is 11.9. The molecule has 1 saturated carbocycles. The van der Waals surface area contributed by atoms with Gasteiger partial charge in [0.1, 0.15) is 15.1 Å². The molecule has 0 bridgehead atoms. The summed E-state index contributed by atoms with van der Waals surface area (Å²) >= 11 is 0. The number of aryl methyl sites for hydroxylation is 1. The summed E-state index contributed by atoms with van der Waals surface area (Å²) < 4.78 is 11.3. The lowest BCUT2D eigenvalue weighted by Crippen LogP contribution is -2.52. The van der Waals surface area contributed by atoms with Gasteiger partial charge in [0, 0.05) is 13.0 Å². The summed E-state index contributed by atoms with van der Waals surface area (Å²) in [5.74, 6) is 0.686. The van der Waals surface area contributed by atoms with E-state index < -0.39 is 8.07 Å². The highest BCUT2D eigenvalue weighted by molar-refractivity contribution is 7.00. The van der Waals surface area contributed by atoms with Crippen molar-refractivity contribution in [3.05, 3.63) is 89.1 Å². The second-order valence-corrected chi connectivity index (χ2v) is 15.3. The zero-order chi connectivity index (χ0) is 24.9. The lowest BCUT2D eigenvalue weighted by molar-refractivity contribution is -0.665. The highest BCUT2D eigenvalue weighted by Gasteiger charge is 2.28. The second-order valence-electron chi connectivity index (χ2n) is 10.9. The molecule has 1 aliphatic carbocycles. The molecule has 4 aromatic rings. The summed E-state index contributed by atoms with van der Waals surface area (Å²) in [4.78, 5) is 0. The van der Waals surface area contributed by atoms with Gasteiger partial charge in [-0.1, -0.05) is 84.8 Å². The maximum atomic E-state index is 9.06. The number of hydrogen-bond acceptors (Lipinski definition) is 0. The quantitative estimate of drug-likeness (QED) is 0.232. The Labute approximate surface area is 207 Å². The lowest BCUT2D eigenvalue weighted by atomic mass is 9.89. The van der Waals surface area contributed by atoms with Crippen LogP contribution in [0.3, 0.4) is 0 Å². The number of pyridine rings is 1. The number of nitrogens with zero attached hydrogens (tertiary/aromatic N) is 1. The molecule has 0 spiro atoms. The standard InChI is InChI=1S/C32H38NSi/c1-22-18-26(25-12-10-11-13-25)21-31(24(22)3)32-30-17-16-29(20-27(30)19-23(2)33(32)4)34(5,6)28-14-8-7-9-15-28/h7-9,14-21,25H,10-13H2,1-6H3/q+1/i19D. The summed E-state index contributed by atoms with van der Waals surface area (Å²) in [5.41, 5.74) is 7.82. The maximum absolute atomic E-state index is 9.06. The molecule has 1 heterocycles. The molecular formula is C32H38NSi+. The van der Waals surface area contributed by atoms with E-state index in [0.29, 0.717) is 12.0 Å². The van der Waals surface area contributed by atoms with Crippen molar-refractivity contribution in [2.45, 2.75) is 65.5 Å². The van der Waals surface area contributed by atoms with Crippen LogP contribution in [0.5, 0.6) is 0 Å². The predicted octanol–water partition coefficient (Wildman–Crippen LogP) is 6.74. The Bertz CT molecular complexity index is 1420. The van der Waals surface area contributed by atoms with Crippen molar-refractivity contribution in [2.75, 3.05) is 0 Å². The zero-order valence-corrected chi connectivity index (χ0v) is 22.6. The molecule has 0 radical (unpaired) electrons. The molecular weight excluding hydrogens is 426 g/mol. The van der Waals surface area contributed by atoms with Crippen LogP contribution in [0.15, 0.2) is 66.7 Å². The molecule has 174 valence electrons. The van der Waals surface area contributed by atoms with Crippen LogP contribution < -0.4 is 14.9 Å². The number of hydrogen-bond donors (Lipinski definition) is 0. The molecule has 1 aliphatic rings. The number of rotatable bonds is 4. The smallest absolute Gasteiger partial charge is 0.198 e. The molecule has 0 saturated heterocycles. The van der Waals surface area contributed by atoms with Crippen molar-refractivity contribution in [1.29, 1.82) is 0 Å². The minimum absolute atomic E-state index is 0.646. The van der Waals surface area contributed by atoms with Gasteiger partial charge in [-0.25, -0.2) is 0 Å². The third kappa shape index (κ3) is 3.92. The first kappa shape index (κ1) is 21.8. The SMILES string of the molecule is [2H]c1c(C)[n+](C)c(-c2cc(C3CCCC3)cc(C)c2C)c2ccc([Si](C)(C)c3ccccc3)cc12. The van der Waals surface area contributed by atoms with Crippen molar-refractivity contribution in [1.82, 2.24) is 0 Å². The Morgan fingerprint density at radius 2 is 1.59 bits per heavy atom. The second kappa shape index (κ2) is 8.81. The number of benzene rings is 3. The molecule has 5 rings (SSSR count). The first-order valence-corrected chi connectivity index (χ1v) is 15.8. The fourth-order valence-electron chi connectivity index (χ4n) is 5.85. The highest BCUT2D eigenvalue weighted by Crippen LogP contribution is 2.38. The topological polar surface area (TPSA) is 3.88 Å². The average Bonchev–Trinajstić information content (AvgIpc) is 3.40. The Hall–Kier alpha value is -2.71. The Morgan fingerprint density at radius 1 is 0.882 bits per heavy atom. The minimum Gasteiger partial charge on any atom is -0.198 e. The molecule has 3 aromatic carbocycles. The largest absolute Gasteiger partial charge is 0.220 e. The summed E-state index contributed by atoms with van der Waals surface area (Å²) in [6, 6.07) is 23.4. The van der Waals surface area contributed by atoms with E-state index in [4.69, 9.17) is 1.37 Å². The fourth-order valence-corrected chi connectivity index (χ4v) is 8.21. The van der Waals surface area contributed by atoms with E-state index in [-0.39, 0.29) is 0 Å². The van der Waals surface area contributed by atoms with Gasteiger partial charge in [0.2, 0.25) is 5.69 Å². The maximum Gasteiger partial charge on any atom is 0.220 e. The normalized spacial score (nSPS) is 15.2. The van der Waals surface area contributed by atoms with E-state index in [1.807, 2.05) is 0 Å². The van der Waals surface area contributed by atoms with Crippen LogP contribution in [0, 0.1) is 20.8 Å². The molecule has 0 unspecified atom stereocenters. The van der Waals surface area contributed by atoms with E-state index in [1.165, 1.54) is 69.4 Å². The predicted molar refractivity (Wildman–Crippen MR) is 149 cm³/mol. The molecule has 0 aliphatic heterocycles. The van der Waals surface area contributed by atoms with Gasteiger partial charge in [0.15, 0.2) is 5.69 Å². The van der Waals surface area contributed by atoms with Crippen molar-refractivity contribution in [3.8, 4) is 11.3 Å². The fraction of sp³-hybridized carbons (Fsp3) is 0.344.